The summed E-state index contributed by atoms with van der Waals surface area (Å²) in [6.07, 6.45) is 0.725. The van der Waals surface area contributed by atoms with Crippen molar-refractivity contribution in [3.63, 3.8) is 0 Å². The number of hydrogen-bond acceptors (Lipinski definition) is 3. The molecule has 29 heavy (non-hydrogen) atoms. The molecule has 1 unspecified atom stereocenters. The van der Waals surface area contributed by atoms with Crippen molar-refractivity contribution in [3.8, 4) is 0 Å². The molecule has 0 spiro atoms. The molecule has 0 saturated heterocycles. The SMILES string of the molecule is CCC(NC(=O)c1ccc(NS(=O)(=O)c2ccccc2)cc1Cl)c1ccccc1. The number of carbonyl (C=O) groups is 1. The quantitative estimate of drug-likeness (QED) is 0.554. The van der Waals surface area contributed by atoms with Crippen molar-refractivity contribution in [1.29, 1.82) is 0 Å². The van der Waals surface area contributed by atoms with Crippen LogP contribution in [0.2, 0.25) is 5.02 Å². The van der Waals surface area contributed by atoms with Crippen molar-refractivity contribution >= 4 is 33.2 Å². The number of nitrogens with one attached hydrogen (secondary N) is 2. The zero-order valence-corrected chi connectivity index (χ0v) is 17.4. The number of hydrogen-bond donors (Lipinski definition) is 2. The third-order valence-electron chi connectivity index (χ3n) is 4.43. The van der Waals surface area contributed by atoms with Gasteiger partial charge in [-0.2, -0.15) is 0 Å². The van der Waals surface area contributed by atoms with Gasteiger partial charge in [0.1, 0.15) is 0 Å². The van der Waals surface area contributed by atoms with E-state index in [4.69, 9.17) is 11.6 Å². The lowest BCUT2D eigenvalue weighted by atomic mass is 10.0. The topological polar surface area (TPSA) is 75.3 Å². The highest BCUT2D eigenvalue weighted by molar-refractivity contribution is 7.92. The predicted molar refractivity (Wildman–Crippen MR) is 116 cm³/mol. The summed E-state index contributed by atoms with van der Waals surface area (Å²) in [6, 6.07) is 22.0. The van der Waals surface area contributed by atoms with Gasteiger partial charge in [-0.1, -0.05) is 67.1 Å². The van der Waals surface area contributed by atoms with Crippen LogP contribution in [-0.2, 0) is 10.0 Å². The molecule has 0 saturated carbocycles. The maximum Gasteiger partial charge on any atom is 0.261 e. The molecule has 3 rings (SSSR count). The van der Waals surface area contributed by atoms with Crippen LogP contribution in [0, 0.1) is 0 Å². The molecule has 0 fully saturated rings. The fourth-order valence-corrected chi connectivity index (χ4v) is 4.26. The van der Waals surface area contributed by atoms with Gasteiger partial charge < -0.3 is 5.32 Å². The van der Waals surface area contributed by atoms with Crippen molar-refractivity contribution in [2.45, 2.75) is 24.3 Å². The normalized spacial score (nSPS) is 12.2. The monoisotopic (exact) mass is 428 g/mol. The highest BCUT2D eigenvalue weighted by Gasteiger charge is 2.18. The van der Waals surface area contributed by atoms with E-state index in [1.807, 2.05) is 37.3 Å². The standard InChI is InChI=1S/C22H21ClN2O3S/c1-2-21(16-9-5-3-6-10-16)24-22(26)19-14-13-17(15-20(19)23)25-29(27,28)18-11-7-4-8-12-18/h3-15,21,25H,2H2,1H3,(H,24,26). The molecular weight excluding hydrogens is 408 g/mol. The minimum Gasteiger partial charge on any atom is -0.345 e. The van der Waals surface area contributed by atoms with E-state index in [1.165, 1.54) is 30.3 Å². The van der Waals surface area contributed by atoms with E-state index in [0.29, 0.717) is 0 Å². The first-order valence-electron chi connectivity index (χ1n) is 9.14. The Hall–Kier alpha value is -2.83. The Bertz CT molecular complexity index is 1090. The Morgan fingerprint density at radius 3 is 2.17 bits per heavy atom. The maximum atomic E-state index is 12.7. The third-order valence-corrected chi connectivity index (χ3v) is 6.14. The molecule has 0 aliphatic heterocycles. The summed E-state index contributed by atoms with van der Waals surface area (Å²) in [4.78, 5) is 12.8. The number of halogens is 1. The molecule has 0 aliphatic rings. The van der Waals surface area contributed by atoms with E-state index in [-0.39, 0.29) is 33.1 Å². The molecule has 5 nitrogen and oxygen atoms in total. The van der Waals surface area contributed by atoms with Crippen LogP contribution in [-0.4, -0.2) is 14.3 Å². The Labute approximate surface area is 175 Å². The van der Waals surface area contributed by atoms with Crippen molar-refractivity contribution in [2.75, 3.05) is 4.72 Å². The lowest BCUT2D eigenvalue weighted by Crippen LogP contribution is -2.28. The second-order valence-corrected chi connectivity index (χ2v) is 8.55. The van der Waals surface area contributed by atoms with Gasteiger partial charge in [-0.25, -0.2) is 8.42 Å². The van der Waals surface area contributed by atoms with Crippen LogP contribution in [0.3, 0.4) is 0 Å². The van der Waals surface area contributed by atoms with Crippen LogP contribution in [0.5, 0.6) is 0 Å². The molecule has 1 atom stereocenters. The maximum absolute atomic E-state index is 12.7. The molecule has 3 aromatic carbocycles. The number of benzene rings is 3. The molecule has 0 aromatic heterocycles. The van der Waals surface area contributed by atoms with Gasteiger partial charge in [0.15, 0.2) is 0 Å². The van der Waals surface area contributed by atoms with Crippen LogP contribution < -0.4 is 10.0 Å². The molecule has 7 heteroatoms. The largest absolute Gasteiger partial charge is 0.345 e. The number of amides is 1. The highest BCUT2D eigenvalue weighted by Crippen LogP contribution is 2.25. The summed E-state index contributed by atoms with van der Waals surface area (Å²) in [5.41, 5.74) is 1.57. The molecule has 0 radical (unpaired) electrons. The minimum absolute atomic E-state index is 0.143. The van der Waals surface area contributed by atoms with Crippen LogP contribution in [0.4, 0.5) is 5.69 Å². The summed E-state index contributed by atoms with van der Waals surface area (Å²) in [7, 11) is -3.73. The average Bonchev–Trinajstić information content (AvgIpc) is 2.73. The van der Waals surface area contributed by atoms with E-state index >= 15 is 0 Å². The minimum atomic E-state index is -3.73. The van der Waals surface area contributed by atoms with E-state index in [1.54, 1.807) is 18.2 Å². The van der Waals surface area contributed by atoms with Gasteiger partial charge in [0.05, 0.1) is 27.2 Å². The van der Waals surface area contributed by atoms with Gasteiger partial charge in [-0.3, -0.25) is 9.52 Å². The molecule has 0 aliphatic carbocycles. The second-order valence-electron chi connectivity index (χ2n) is 6.46. The number of carbonyl (C=O) groups excluding carboxylic acids is 1. The zero-order chi connectivity index (χ0) is 20.9. The predicted octanol–water partition coefficient (Wildman–Crippen LogP) is 5.02. The fraction of sp³-hybridized carbons (Fsp3) is 0.136. The fourth-order valence-electron chi connectivity index (χ4n) is 2.92. The summed E-state index contributed by atoms with van der Waals surface area (Å²) in [6.45, 7) is 1.99. The van der Waals surface area contributed by atoms with Crippen LogP contribution in [0.1, 0.15) is 35.3 Å². The van der Waals surface area contributed by atoms with Gasteiger partial charge in [0.25, 0.3) is 15.9 Å². The van der Waals surface area contributed by atoms with Gasteiger partial charge in [0, 0.05) is 0 Å². The summed E-state index contributed by atoms with van der Waals surface area (Å²) >= 11 is 6.28. The summed E-state index contributed by atoms with van der Waals surface area (Å²) in [5.74, 6) is -0.317. The molecule has 3 aromatic rings. The molecule has 2 N–H and O–H groups in total. The Balaban J connectivity index is 1.76. The summed E-state index contributed by atoms with van der Waals surface area (Å²) in [5, 5.41) is 3.14. The van der Waals surface area contributed by atoms with Crippen LogP contribution >= 0.6 is 11.6 Å². The van der Waals surface area contributed by atoms with Gasteiger partial charge in [-0.05, 0) is 42.3 Å². The first-order chi connectivity index (χ1) is 13.9. The number of rotatable bonds is 7. The number of sulfonamides is 1. The van der Waals surface area contributed by atoms with E-state index in [9.17, 15) is 13.2 Å². The van der Waals surface area contributed by atoms with Crippen molar-refractivity contribution < 1.29 is 13.2 Å². The van der Waals surface area contributed by atoms with Crippen LogP contribution in [0.15, 0.2) is 83.8 Å². The van der Waals surface area contributed by atoms with Gasteiger partial charge in [0.2, 0.25) is 0 Å². The zero-order valence-electron chi connectivity index (χ0n) is 15.8. The van der Waals surface area contributed by atoms with Crippen molar-refractivity contribution in [1.82, 2.24) is 5.32 Å². The number of anilines is 1. The molecular formula is C22H21ClN2O3S. The van der Waals surface area contributed by atoms with E-state index in [2.05, 4.69) is 10.0 Å². The lowest BCUT2D eigenvalue weighted by Gasteiger charge is -2.18. The lowest BCUT2D eigenvalue weighted by molar-refractivity contribution is 0.0935. The second kappa shape index (κ2) is 9.11. The van der Waals surface area contributed by atoms with E-state index < -0.39 is 10.0 Å². The Kier molecular flexibility index (Phi) is 6.56. The third kappa shape index (κ3) is 5.16. The van der Waals surface area contributed by atoms with Crippen molar-refractivity contribution in [2.24, 2.45) is 0 Å². The van der Waals surface area contributed by atoms with Gasteiger partial charge in [-0.15, -0.1) is 0 Å². The smallest absolute Gasteiger partial charge is 0.261 e. The summed E-state index contributed by atoms with van der Waals surface area (Å²) < 4.78 is 27.4. The Morgan fingerprint density at radius 1 is 0.966 bits per heavy atom. The first-order valence-corrected chi connectivity index (χ1v) is 11.0. The average molecular weight is 429 g/mol. The molecule has 150 valence electrons. The Morgan fingerprint density at radius 2 is 1.59 bits per heavy atom. The molecule has 1 amide bonds. The van der Waals surface area contributed by atoms with Crippen LogP contribution in [0.25, 0.3) is 0 Å². The molecule has 0 heterocycles. The molecule has 0 bridgehead atoms. The first kappa shape index (κ1) is 20.9. The van der Waals surface area contributed by atoms with Gasteiger partial charge >= 0.3 is 0 Å². The highest BCUT2D eigenvalue weighted by atomic mass is 35.5. The van der Waals surface area contributed by atoms with E-state index in [0.717, 1.165) is 12.0 Å². The van der Waals surface area contributed by atoms with Crippen molar-refractivity contribution in [3.05, 3.63) is 95.0 Å².